The van der Waals surface area contributed by atoms with Crippen molar-refractivity contribution in [3.05, 3.63) is 90.0 Å². The van der Waals surface area contributed by atoms with Crippen molar-refractivity contribution in [2.75, 3.05) is 0 Å². The molecule has 0 aromatic heterocycles. The van der Waals surface area contributed by atoms with Gasteiger partial charge in [0.15, 0.2) is 0 Å². The van der Waals surface area contributed by atoms with Crippen LogP contribution >= 0.6 is 11.8 Å². The van der Waals surface area contributed by atoms with E-state index in [0.717, 1.165) is 0 Å². The Morgan fingerprint density at radius 2 is 1.56 bits per heavy atom. The van der Waals surface area contributed by atoms with Crippen LogP contribution in [0.1, 0.15) is 37.0 Å². The van der Waals surface area contributed by atoms with Gasteiger partial charge in [0.2, 0.25) is 6.10 Å². The number of carbonyl (C=O) groups is 1. The molecule has 0 saturated carbocycles. The lowest BCUT2D eigenvalue weighted by Crippen LogP contribution is -2.22. The Kier molecular flexibility index (Phi) is 8.24. The summed E-state index contributed by atoms with van der Waals surface area (Å²) in [6.45, 7) is 3.61. The second-order valence-electron chi connectivity index (χ2n) is 7.77. The Balaban J connectivity index is 1.76. The fourth-order valence-corrected chi connectivity index (χ4v) is 3.93. The van der Waals surface area contributed by atoms with E-state index in [-0.39, 0.29) is 22.6 Å². The van der Waals surface area contributed by atoms with Gasteiger partial charge in [-0.2, -0.15) is 18.4 Å². The van der Waals surface area contributed by atoms with Crippen LogP contribution in [-0.4, -0.2) is 11.5 Å². The molecule has 0 aliphatic heterocycles. The molecule has 0 amide bonds. The molecule has 0 heterocycles. The van der Waals surface area contributed by atoms with Gasteiger partial charge in [0.05, 0.1) is 5.92 Å². The fraction of sp³-hybridized carbons (Fsp3) is 0.231. The molecule has 3 rings (SSSR count). The van der Waals surface area contributed by atoms with E-state index in [1.165, 1.54) is 24.3 Å². The Labute approximate surface area is 200 Å². The first kappa shape index (κ1) is 25.2. The Morgan fingerprint density at radius 1 is 0.912 bits per heavy atom. The number of carbonyl (C=O) groups excluding carboxylic acids is 1. The van der Waals surface area contributed by atoms with Crippen LogP contribution in [0.2, 0.25) is 0 Å². The molecule has 0 bridgehead atoms. The summed E-state index contributed by atoms with van der Waals surface area (Å²) >= 11 is -0.220. The summed E-state index contributed by atoms with van der Waals surface area (Å²) in [5.41, 5.74) is -3.43. The number of alkyl halides is 3. The predicted molar refractivity (Wildman–Crippen MR) is 123 cm³/mol. The third-order valence-corrected chi connectivity index (χ3v) is 5.62. The van der Waals surface area contributed by atoms with Crippen molar-refractivity contribution >= 4 is 17.7 Å². The van der Waals surface area contributed by atoms with E-state index in [1.807, 2.05) is 24.3 Å². The van der Waals surface area contributed by atoms with Gasteiger partial charge >= 0.3 is 11.5 Å². The van der Waals surface area contributed by atoms with Crippen LogP contribution in [0.4, 0.5) is 13.2 Å². The number of nitriles is 1. The van der Waals surface area contributed by atoms with Gasteiger partial charge in [0.1, 0.15) is 17.6 Å². The van der Waals surface area contributed by atoms with E-state index in [0.29, 0.717) is 22.6 Å². The highest BCUT2D eigenvalue weighted by Gasteiger charge is 2.31. The molecule has 0 aliphatic rings. The van der Waals surface area contributed by atoms with Crippen molar-refractivity contribution in [1.82, 2.24) is 0 Å². The minimum atomic E-state index is -4.39. The maximum Gasteiger partial charge on any atom is 0.446 e. The van der Waals surface area contributed by atoms with Crippen LogP contribution in [0.5, 0.6) is 11.5 Å². The number of rotatable bonds is 8. The van der Waals surface area contributed by atoms with Crippen molar-refractivity contribution in [3.8, 4) is 17.6 Å². The number of ether oxygens (including phenoxy) is 2. The topological polar surface area (TPSA) is 59.3 Å². The molecule has 0 saturated heterocycles. The predicted octanol–water partition coefficient (Wildman–Crippen LogP) is 7.64. The zero-order valence-electron chi connectivity index (χ0n) is 18.5. The minimum absolute atomic E-state index is 0.0252. The van der Waals surface area contributed by atoms with E-state index in [1.54, 1.807) is 50.2 Å². The molecule has 8 heteroatoms. The third-order valence-electron chi connectivity index (χ3n) is 4.88. The highest BCUT2D eigenvalue weighted by molar-refractivity contribution is 8.00. The molecule has 0 radical (unpaired) electrons. The number of thioether (sulfide) groups is 1. The summed E-state index contributed by atoms with van der Waals surface area (Å²) in [5, 5.41) is 9.67. The molecule has 0 spiro atoms. The molecule has 0 N–H and O–H groups in total. The second-order valence-corrected chi connectivity index (χ2v) is 8.91. The number of benzene rings is 3. The van der Waals surface area contributed by atoms with Crippen LogP contribution in [-0.2, 0) is 9.53 Å². The largest absolute Gasteiger partial charge is 0.457 e. The molecule has 2 unspecified atom stereocenters. The second kappa shape index (κ2) is 11.1. The van der Waals surface area contributed by atoms with Crippen LogP contribution in [0, 0.1) is 17.2 Å². The molecular weight excluding hydrogens is 463 g/mol. The summed E-state index contributed by atoms with van der Waals surface area (Å²) in [4.78, 5) is 13.1. The summed E-state index contributed by atoms with van der Waals surface area (Å²) in [6, 6.07) is 23.4. The van der Waals surface area contributed by atoms with E-state index in [9.17, 15) is 23.2 Å². The summed E-state index contributed by atoms with van der Waals surface area (Å²) in [7, 11) is 0. The number of halogens is 3. The molecule has 34 heavy (non-hydrogen) atoms. The zero-order chi connectivity index (χ0) is 24.7. The highest BCUT2D eigenvalue weighted by Crippen LogP contribution is 2.38. The fourth-order valence-electron chi connectivity index (χ4n) is 3.39. The van der Waals surface area contributed by atoms with Crippen LogP contribution < -0.4 is 4.74 Å². The number of nitrogens with zero attached hydrogens (tertiary/aromatic N) is 1. The maximum atomic E-state index is 13.0. The first-order valence-corrected chi connectivity index (χ1v) is 11.3. The standard InChI is InChI=1S/C26H22F3NO3S/c1-17(2)24(18-11-13-22(14-12-18)34-26(27,28)29)25(31)33-23(16-30)19-7-6-10-21(15-19)32-20-8-4-3-5-9-20/h3-15,17,23-24H,1-2H3. The average Bonchev–Trinajstić information content (AvgIpc) is 2.78. The monoisotopic (exact) mass is 485 g/mol. The number of hydrogen-bond acceptors (Lipinski definition) is 5. The molecule has 3 aromatic rings. The van der Waals surface area contributed by atoms with Crippen LogP contribution in [0.25, 0.3) is 0 Å². The maximum absolute atomic E-state index is 13.0. The van der Waals surface area contributed by atoms with Crippen molar-refractivity contribution in [2.24, 2.45) is 5.92 Å². The molecule has 4 nitrogen and oxygen atoms in total. The number of para-hydroxylation sites is 1. The summed E-state index contributed by atoms with van der Waals surface area (Å²) in [6.07, 6.45) is -1.17. The van der Waals surface area contributed by atoms with Gasteiger partial charge in [-0.15, -0.1) is 0 Å². The lowest BCUT2D eigenvalue weighted by atomic mass is 9.88. The molecule has 3 aromatic carbocycles. The van der Waals surface area contributed by atoms with Crippen LogP contribution in [0.15, 0.2) is 83.8 Å². The molecular formula is C26H22F3NO3S. The van der Waals surface area contributed by atoms with Crippen molar-refractivity contribution in [2.45, 2.75) is 36.3 Å². The van der Waals surface area contributed by atoms with Gasteiger partial charge in [0, 0.05) is 10.5 Å². The van der Waals surface area contributed by atoms with E-state index < -0.39 is 23.5 Å². The Bertz CT molecular complexity index is 1140. The molecule has 2 atom stereocenters. The van der Waals surface area contributed by atoms with Gasteiger partial charge in [-0.05, 0) is 59.6 Å². The van der Waals surface area contributed by atoms with Gasteiger partial charge in [-0.3, -0.25) is 4.79 Å². The van der Waals surface area contributed by atoms with Gasteiger partial charge in [0.25, 0.3) is 0 Å². The van der Waals surface area contributed by atoms with Gasteiger partial charge in [-0.1, -0.05) is 56.3 Å². The third kappa shape index (κ3) is 7.03. The van der Waals surface area contributed by atoms with Gasteiger partial charge < -0.3 is 9.47 Å². The Morgan fingerprint density at radius 3 is 2.15 bits per heavy atom. The van der Waals surface area contributed by atoms with Crippen molar-refractivity contribution < 1.29 is 27.4 Å². The van der Waals surface area contributed by atoms with E-state index in [4.69, 9.17) is 9.47 Å². The SMILES string of the molecule is CC(C)C(C(=O)OC(C#N)c1cccc(Oc2ccccc2)c1)c1ccc(SC(F)(F)F)cc1. The smallest absolute Gasteiger partial charge is 0.446 e. The molecule has 176 valence electrons. The van der Waals surface area contributed by atoms with Crippen molar-refractivity contribution in [1.29, 1.82) is 5.26 Å². The highest BCUT2D eigenvalue weighted by atomic mass is 32.2. The normalized spacial score (nSPS) is 13.1. The summed E-state index contributed by atoms with van der Waals surface area (Å²) in [5.74, 6) is -0.479. The molecule has 0 fully saturated rings. The van der Waals surface area contributed by atoms with Gasteiger partial charge in [-0.25, -0.2) is 0 Å². The van der Waals surface area contributed by atoms with E-state index in [2.05, 4.69) is 0 Å². The minimum Gasteiger partial charge on any atom is -0.457 e. The Hall–Kier alpha value is -3.44. The zero-order valence-corrected chi connectivity index (χ0v) is 19.3. The summed E-state index contributed by atoms with van der Waals surface area (Å²) < 4.78 is 49.1. The quantitative estimate of drug-likeness (QED) is 0.242. The lowest BCUT2D eigenvalue weighted by molar-refractivity contribution is -0.150. The van der Waals surface area contributed by atoms with E-state index >= 15 is 0 Å². The average molecular weight is 486 g/mol. The van der Waals surface area contributed by atoms with Crippen LogP contribution in [0.3, 0.4) is 0 Å². The lowest BCUT2D eigenvalue weighted by Gasteiger charge is -2.22. The first-order valence-electron chi connectivity index (χ1n) is 10.4. The first-order chi connectivity index (χ1) is 16.2. The number of esters is 1. The molecule has 0 aliphatic carbocycles. The number of hydrogen-bond donors (Lipinski definition) is 0. The van der Waals surface area contributed by atoms with Crippen molar-refractivity contribution in [3.63, 3.8) is 0 Å².